The molecule has 0 saturated carbocycles. The Kier molecular flexibility index (Phi) is 10.5. The van der Waals surface area contributed by atoms with E-state index in [4.69, 9.17) is 9.47 Å². The van der Waals surface area contributed by atoms with Crippen LogP contribution in [0.5, 0.6) is 5.75 Å². The Morgan fingerprint density at radius 3 is 2.36 bits per heavy atom. The highest BCUT2D eigenvalue weighted by Crippen LogP contribution is 2.30. The molecule has 0 aromatic heterocycles. The zero-order chi connectivity index (χ0) is 28.5. The van der Waals surface area contributed by atoms with Gasteiger partial charge in [0.1, 0.15) is 12.4 Å². The molecule has 0 bridgehead atoms. The van der Waals surface area contributed by atoms with Crippen molar-refractivity contribution in [1.82, 2.24) is 5.32 Å². The number of aliphatic hydroxyl groups is 1. The summed E-state index contributed by atoms with van der Waals surface area (Å²) in [5, 5.41) is 14.3. The maximum atomic E-state index is 12.0. The van der Waals surface area contributed by atoms with E-state index in [2.05, 4.69) is 10.0 Å². The van der Waals surface area contributed by atoms with Crippen molar-refractivity contribution in [2.75, 3.05) is 24.1 Å². The number of anilines is 1. The molecule has 0 heterocycles. The molecule has 0 spiro atoms. The highest BCUT2D eigenvalue weighted by atomic mass is 32.2. The van der Waals surface area contributed by atoms with Crippen LogP contribution in [-0.4, -0.2) is 44.4 Å². The van der Waals surface area contributed by atoms with Gasteiger partial charge in [0.2, 0.25) is 10.0 Å². The predicted octanol–water partition coefficient (Wildman–Crippen LogP) is 4.39. The minimum Gasteiger partial charge on any atom is -0.487 e. The van der Waals surface area contributed by atoms with Gasteiger partial charge < -0.3 is 19.9 Å². The van der Waals surface area contributed by atoms with Crippen LogP contribution >= 0.6 is 0 Å². The first-order valence-corrected chi connectivity index (χ1v) is 14.8. The second kappa shape index (κ2) is 13.6. The van der Waals surface area contributed by atoms with Crippen LogP contribution in [0.2, 0.25) is 0 Å². The lowest BCUT2D eigenvalue weighted by Gasteiger charge is -2.28. The molecule has 8 nitrogen and oxygen atoms in total. The van der Waals surface area contributed by atoms with Crippen molar-refractivity contribution in [3.8, 4) is 5.75 Å². The minimum absolute atomic E-state index is 0.225. The number of carbonyl (C=O) groups excluding carboxylic acids is 1. The van der Waals surface area contributed by atoms with Gasteiger partial charge in [-0.2, -0.15) is 0 Å². The van der Waals surface area contributed by atoms with Gasteiger partial charge in [-0.3, -0.25) is 9.52 Å². The maximum Gasteiger partial charge on any atom is 0.310 e. The number of benzene rings is 3. The Morgan fingerprint density at radius 1 is 0.974 bits per heavy atom. The number of rotatable bonds is 14. The van der Waals surface area contributed by atoms with Gasteiger partial charge in [0.15, 0.2) is 0 Å². The summed E-state index contributed by atoms with van der Waals surface area (Å²) in [5.74, 6) is 0.118. The lowest BCUT2D eigenvalue weighted by molar-refractivity contribution is -0.142. The molecule has 3 rings (SSSR count). The number of aliphatic hydroxyl groups excluding tert-OH is 1. The smallest absolute Gasteiger partial charge is 0.310 e. The van der Waals surface area contributed by atoms with Crippen molar-refractivity contribution in [2.45, 2.75) is 51.9 Å². The maximum absolute atomic E-state index is 12.0. The summed E-state index contributed by atoms with van der Waals surface area (Å²) in [6, 6.07) is 22.4. The quantitative estimate of drug-likeness (QED) is 0.253. The molecule has 0 aliphatic rings. The molecule has 0 saturated heterocycles. The van der Waals surface area contributed by atoms with E-state index in [1.165, 1.54) is 0 Å². The number of nitrogens with one attached hydrogen (secondary N) is 2. The van der Waals surface area contributed by atoms with E-state index in [0.717, 1.165) is 22.9 Å². The third-order valence-electron chi connectivity index (χ3n) is 5.99. The molecule has 0 fully saturated rings. The number of ether oxygens (including phenoxy) is 2. The van der Waals surface area contributed by atoms with Gasteiger partial charge >= 0.3 is 5.97 Å². The van der Waals surface area contributed by atoms with Crippen LogP contribution in [-0.2, 0) is 39.0 Å². The first-order chi connectivity index (χ1) is 18.4. The van der Waals surface area contributed by atoms with Crippen LogP contribution in [0, 0.1) is 0 Å². The van der Waals surface area contributed by atoms with Crippen LogP contribution in [0.1, 0.15) is 49.1 Å². The summed E-state index contributed by atoms with van der Waals surface area (Å²) < 4.78 is 37.4. The van der Waals surface area contributed by atoms with Crippen LogP contribution in [0.25, 0.3) is 0 Å². The zero-order valence-electron chi connectivity index (χ0n) is 22.9. The van der Waals surface area contributed by atoms with Gasteiger partial charge in [-0.1, -0.05) is 60.7 Å². The summed E-state index contributed by atoms with van der Waals surface area (Å²) in [4.78, 5) is 11.8. The van der Waals surface area contributed by atoms with Crippen molar-refractivity contribution < 1.29 is 27.8 Å². The lowest BCUT2D eigenvalue weighted by atomic mass is 9.93. The highest BCUT2D eigenvalue weighted by molar-refractivity contribution is 7.92. The number of carbonyl (C=O) groups is 1. The SMILES string of the molecule is CCOC(=O)Cc1cccc(CC(C)(C)NC[C@H](O)c2ccc(OCc3ccccc3)c(NS(C)(=O)=O)c2)c1. The fraction of sp³-hybridized carbons (Fsp3) is 0.367. The van der Waals surface area contributed by atoms with Crippen LogP contribution in [0.4, 0.5) is 5.69 Å². The Morgan fingerprint density at radius 2 is 1.67 bits per heavy atom. The number of sulfonamides is 1. The van der Waals surface area contributed by atoms with Crippen molar-refractivity contribution in [1.29, 1.82) is 0 Å². The molecular formula is C30H38N2O6S. The van der Waals surface area contributed by atoms with Gasteiger partial charge in [-0.25, -0.2) is 8.42 Å². The van der Waals surface area contributed by atoms with E-state index in [-0.39, 0.29) is 36.8 Å². The van der Waals surface area contributed by atoms with Gasteiger partial charge in [0, 0.05) is 12.1 Å². The average molecular weight is 555 g/mol. The third-order valence-corrected chi connectivity index (χ3v) is 6.58. The second-order valence-corrected chi connectivity index (χ2v) is 11.9. The van der Waals surface area contributed by atoms with Crippen LogP contribution in [0.15, 0.2) is 72.8 Å². The molecule has 0 amide bonds. The van der Waals surface area contributed by atoms with E-state index < -0.39 is 16.1 Å². The summed E-state index contributed by atoms with van der Waals surface area (Å²) >= 11 is 0. The molecule has 1 atom stereocenters. The van der Waals surface area contributed by atoms with Crippen molar-refractivity contribution in [3.63, 3.8) is 0 Å². The first kappa shape index (κ1) is 30.1. The van der Waals surface area contributed by atoms with Gasteiger partial charge in [0.25, 0.3) is 0 Å². The van der Waals surface area contributed by atoms with Crippen molar-refractivity contribution in [3.05, 3.63) is 95.1 Å². The molecular weight excluding hydrogens is 516 g/mol. The Hall–Kier alpha value is -3.40. The second-order valence-electron chi connectivity index (χ2n) is 10.2. The number of hydrogen-bond acceptors (Lipinski definition) is 7. The molecule has 0 unspecified atom stereocenters. The van der Waals surface area contributed by atoms with E-state index in [0.29, 0.717) is 24.3 Å². The summed E-state index contributed by atoms with van der Waals surface area (Å²) in [7, 11) is -3.57. The number of hydrogen-bond donors (Lipinski definition) is 3. The summed E-state index contributed by atoms with van der Waals surface area (Å²) in [6.45, 7) is 6.74. The molecule has 9 heteroatoms. The molecule has 3 N–H and O–H groups in total. The molecule has 0 aliphatic heterocycles. The summed E-state index contributed by atoms with van der Waals surface area (Å²) in [6.07, 6.45) is 1.08. The predicted molar refractivity (Wildman–Crippen MR) is 153 cm³/mol. The topological polar surface area (TPSA) is 114 Å². The summed E-state index contributed by atoms with van der Waals surface area (Å²) in [5.41, 5.74) is 3.35. The van der Waals surface area contributed by atoms with Gasteiger partial charge in [-0.05, 0) is 61.6 Å². The molecule has 39 heavy (non-hydrogen) atoms. The fourth-order valence-electron chi connectivity index (χ4n) is 4.19. The van der Waals surface area contributed by atoms with Crippen molar-refractivity contribution in [2.24, 2.45) is 0 Å². The molecule has 3 aromatic rings. The fourth-order valence-corrected chi connectivity index (χ4v) is 4.75. The number of esters is 1. The van der Waals surface area contributed by atoms with E-state index >= 15 is 0 Å². The van der Waals surface area contributed by atoms with Gasteiger partial charge in [0.05, 0.1) is 31.1 Å². The standard InChI is InChI=1S/C30H38N2O6S/c1-5-37-29(34)17-23-12-9-13-24(16-23)19-30(2,3)31-20-27(33)25-14-15-28(26(18-25)32-39(4,35)36)38-21-22-10-7-6-8-11-22/h6-16,18,27,31-33H,5,17,19-21H2,1-4H3/t27-/m0/s1. The van der Waals surface area contributed by atoms with E-state index in [9.17, 15) is 18.3 Å². The highest BCUT2D eigenvalue weighted by Gasteiger charge is 2.21. The Balaban J connectivity index is 1.66. The monoisotopic (exact) mass is 554 g/mol. The Labute approximate surface area is 231 Å². The first-order valence-electron chi connectivity index (χ1n) is 12.9. The minimum atomic E-state index is -3.57. The van der Waals surface area contributed by atoms with Crippen LogP contribution < -0.4 is 14.8 Å². The van der Waals surface area contributed by atoms with Crippen LogP contribution in [0.3, 0.4) is 0 Å². The molecule has 0 radical (unpaired) electrons. The molecule has 0 aliphatic carbocycles. The third kappa shape index (κ3) is 10.4. The van der Waals surface area contributed by atoms with Crippen molar-refractivity contribution >= 4 is 21.7 Å². The molecule has 3 aromatic carbocycles. The number of β-amino-alcohol motifs (C(OH)–C–C–N with tert-alkyl or cyclic N) is 1. The van der Waals surface area contributed by atoms with E-state index in [1.807, 2.05) is 68.4 Å². The average Bonchev–Trinajstić information content (AvgIpc) is 2.86. The van der Waals surface area contributed by atoms with E-state index in [1.54, 1.807) is 25.1 Å². The normalized spacial score (nSPS) is 12.5. The largest absolute Gasteiger partial charge is 0.487 e. The zero-order valence-corrected chi connectivity index (χ0v) is 23.8. The van der Waals surface area contributed by atoms with Gasteiger partial charge in [-0.15, -0.1) is 0 Å². The molecule has 210 valence electrons. The lowest BCUT2D eigenvalue weighted by Crippen LogP contribution is -2.43. The Bertz CT molecular complexity index is 1340.